The Bertz CT molecular complexity index is 843. The third kappa shape index (κ3) is 3.13. The molecule has 0 bridgehead atoms. The fourth-order valence-electron chi connectivity index (χ4n) is 2.96. The molecule has 25 heavy (non-hydrogen) atoms. The molecule has 1 fully saturated rings. The standard InChI is InChI=1S/C18H18N6O/c1-13(17-4-2-3-11-19-17)24(16-9-10-16)18(25)14-5-7-15(8-6-14)23-12-20-21-22-23/h2-8,11-13,16H,9-10H2,1H3/t13-/m1/s1. The molecule has 0 unspecified atom stereocenters. The van der Waals surface area contributed by atoms with Gasteiger partial charge in [-0.15, -0.1) is 5.10 Å². The van der Waals surface area contributed by atoms with Gasteiger partial charge in [0.2, 0.25) is 0 Å². The van der Waals surface area contributed by atoms with Gasteiger partial charge in [0.1, 0.15) is 6.33 Å². The number of pyridine rings is 1. The summed E-state index contributed by atoms with van der Waals surface area (Å²) >= 11 is 0. The smallest absolute Gasteiger partial charge is 0.254 e. The first-order chi connectivity index (χ1) is 12.2. The highest BCUT2D eigenvalue weighted by Gasteiger charge is 2.37. The lowest BCUT2D eigenvalue weighted by molar-refractivity contribution is 0.0670. The number of aromatic nitrogens is 5. The van der Waals surface area contributed by atoms with Crippen LogP contribution < -0.4 is 0 Å². The van der Waals surface area contributed by atoms with Gasteiger partial charge in [-0.3, -0.25) is 9.78 Å². The molecular formula is C18H18N6O. The zero-order chi connectivity index (χ0) is 17.2. The Morgan fingerprint density at radius 3 is 2.60 bits per heavy atom. The summed E-state index contributed by atoms with van der Waals surface area (Å²) in [7, 11) is 0. The average molecular weight is 334 g/mol. The number of carbonyl (C=O) groups excluding carboxylic acids is 1. The Balaban J connectivity index is 1.59. The second kappa shape index (κ2) is 6.43. The zero-order valence-electron chi connectivity index (χ0n) is 13.9. The van der Waals surface area contributed by atoms with Crippen molar-refractivity contribution in [1.29, 1.82) is 0 Å². The summed E-state index contributed by atoms with van der Waals surface area (Å²) < 4.78 is 1.56. The molecule has 2 aromatic heterocycles. The van der Waals surface area contributed by atoms with E-state index in [4.69, 9.17) is 0 Å². The van der Waals surface area contributed by atoms with Crippen molar-refractivity contribution >= 4 is 5.91 Å². The third-order valence-electron chi connectivity index (χ3n) is 4.44. The minimum Gasteiger partial charge on any atom is -0.327 e. The molecule has 7 nitrogen and oxygen atoms in total. The fraction of sp³-hybridized carbons (Fsp3) is 0.278. The van der Waals surface area contributed by atoms with Crippen LogP contribution in [0.1, 0.15) is 41.9 Å². The van der Waals surface area contributed by atoms with Crippen molar-refractivity contribution in [2.24, 2.45) is 0 Å². The topological polar surface area (TPSA) is 76.8 Å². The molecule has 0 aliphatic heterocycles. The molecule has 7 heteroatoms. The number of benzene rings is 1. The highest BCUT2D eigenvalue weighted by atomic mass is 16.2. The molecule has 1 aromatic carbocycles. The lowest BCUT2D eigenvalue weighted by Crippen LogP contribution is -2.35. The zero-order valence-corrected chi connectivity index (χ0v) is 13.9. The minimum absolute atomic E-state index is 0.0314. The van der Waals surface area contributed by atoms with Crippen LogP contribution in [-0.4, -0.2) is 42.0 Å². The Morgan fingerprint density at radius 2 is 2.00 bits per heavy atom. The Morgan fingerprint density at radius 1 is 1.20 bits per heavy atom. The van der Waals surface area contributed by atoms with Crippen LogP contribution in [0, 0.1) is 0 Å². The number of rotatable bonds is 5. The van der Waals surface area contributed by atoms with Gasteiger partial charge in [0, 0.05) is 17.8 Å². The maximum absolute atomic E-state index is 13.1. The molecule has 0 spiro atoms. The number of hydrogen-bond donors (Lipinski definition) is 0. The van der Waals surface area contributed by atoms with Crippen LogP contribution in [0.4, 0.5) is 0 Å². The summed E-state index contributed by atoms with van der Waals surface area (Å²) in [5, 5.41) is 11.1. The number of nitrogens with zero attached hydrogens (tertiary/aromatic N) is 6. The predicted molar refractivity (Wildman–Crippen MR) is 91.0 cm³/mol. The van der Waals surface area contributed by atoms with Crippen molar-refractivity contribution in [3.63, 3.8) is 0 Å². The van der Waals surface area contributed by atoms with Gasteiger partial charge >= 0.3 is 0 Å². The summed E-state index contributed by atoms with van der Waals surface area (Å²) in [5.41, 5.74) is 2.39. The Hall–Kier alpha value is -3.09. The van der Waals surface area contributed by atoms with Crippen molar-refractivity contribution in [3.8, 4) is 5.69 Å². The molecule has 1 aliphatic rings. The fourth-order valence-corrected chi connectivity index (χ4v) is 2.96. The van der Waals surface area contributed by atoms with E-state index in [2.05, 4.69) is 20.5 Å². The summed E-state index contributed by atoms with van der Waals surface area (Å²) in [6, 6.07) is 13.4. The van der Waals surface area contributed by atoms with Crippen molar-refractivity contribution < 1.29 is 4.79 Å². The van der Waals surface area contributed by atoms with Gasteiger partial charge in [0.05, 0.1) is 17.4 Å². The van der Waals surface area contributed by atoms with Crippen LogP contribution in [0.2, 0.25) is 0 Å². The first-order valence-electron chi connectivity index (χ1n) is 8.31. The van der Waals surface area contributed by atoms with E-state index in [1.54, 1.807) is 10.9 Å². The lowest BCUT2D eigenvalue weighted by atomic mass is 10.1. The molecule has 0 radical (unpaired) electrons. The summed E-state index contributed by atoms with van der Waals surface area (Å²) in [4.78, 5) is 19.5. The maximum atomic E-state index is 13.1. The molecule has 1 saturated carbocycles. The van der Waals surface area contributed by atoms with Gasteiger partial charge in [-0.1, -0.05) is 6.07 Å². The predicted octanol–water partition coefficient (Wildman–Crippen LogP) is 2.42. The van der Waals surface area contributed by atoms with Crippen LogP contribution in [0.5, 0.6) is 0 Å². The van der Waals surface area contributed by atoms with Crippen LogP contribution in [-0.2, 0) is 0 Å². The van der Waals surface area contributed by atoms with E-state index in [0.29, 0.717) is 11.6 Å². The van der Waals surface area contributed by atoms with Gasteiger partial charge in [-0.2, -0.15) is 0 Å². The van der Waals surface area contributed by atoms with Crippen LogP contribution in [0.15, 0.2) is 55.0 Å². The molecule has 1 amide bonds. The quantitative estimate of drug-likeness (QED) is 0.716. The van der Waals surface area contributed by atoms with E-state index < -0.39 is 0 Å². The van der Waals surface area contributed by atoms with Crippen LogP contribution >= 0.6 is 0 Å². The number of amides is 1. The molecule has 2 heterocycles. The molecule has 0 saturated heterocycles. The van der Waals surface area contributed by atoms with Crippen LogP contribution in [0.3, 0.4) is 0 Å². The van der Waals surface area contributed by atoms with Gasteiger partial charge in [0.25, 0.3) is 5.91 Å². The van der Waals surface area contributed by atoms with Crippen molar-refractivity contribution in [2.75, 3.05) is 0 Å². The first-order valence-corrected chi connectivity index (χ1v) is 8.31. The van der Waals surface area contributed by atoms with E-state index in [9.17, 15) is 4.79 Å². The number of tetrazole rings is 1. The maximum Gasteiger partial charge on any atom is 0.254 e. The second-order valence-corrected chi connectivity index (χ2v) is 6.18. The SMILES string of the molecule is C[C@H](c1ccccn1)N(C(=O)c1ccc(-n2cnnn2)cc1)C1CC1. The van der Waals surface area contributed by atoms with Crippen LogP contribution in [0.25, 0.3) is 5.69 Å². The summed E-state index contributed by atoms with van der Waals surface area (Å²) in [6.45, 7) is 2.04. The highest BCUT2D eigenvalue weighted by Crippen LogP contribution is 2.35. The molecular weight excluding hydrogens is 316 g/mol. The normalized spacial score (nSPS) is 14.9. The van der Waals surface area contributed by atoms with Gasteiger partial charge < -0.3 is 4.90 Å². The summed E-state index contributed by atoms with van der Waals surface area (Å²) in [6.07, 6.45) is 5.38. The largest absolute Gasteiger partial charge is 0.327 e. The molecule has 1 atom stereocenters. The number of hydrogen-bond acceptors (Lipinski definition) is 5. The third-order valence-corrected chi connectivity index (χ3v) is 4.44. The Kier molecular flexibility index (Phi) is 3.97. The van der Waals surface area contributed by atoms with E-state index in [-0.39, 0.29) is 11.9 Å². The van der Waals surface area contributed by atoms with Gasteiger partial charge in [-0.05, 0) is 66.6 Å². The van der Waals surface area contributed by atoms with Crippen molar-refractivity contribution in [3.05, 3.63) is 66.2 Å². The van der Waals surface area contributed by atoms with E-state index >= 15 is 0 Å². The first kappa shape index (κ1) is 15.4. The number of carbonyl (C=O) groups is 1. The van der Waals surface area contributed by atoms with E-state index in [1.807, 2.05) is 54.3 Å². The average Bonchev–Trinajstić information content (AvgIpc) is 3.34. The van der Waals surface area contributed by atoms with Crippen molar-refractivity contribution in [1.82, 2.24) is 30.1 Å². The minimum atomic E-state index is -0.0552. The van der Waals surface area contributed by atoms with Gasteiger partial charge in [-0.25, -0.2) is 4.68 Å². The molecule has 126 valence electrons. The second-order valence-electron chi connectivity index (χ2n) is 6.18. The van der Waals surface area contributed by atoms with E-state index in [0.717, 1.165) is 24.2 Å². The Labute approximate surface area is 145 Å². The highest BCUT2D eigenvalue weighted by molar-refractivity contribution is 5.95. The van der Waals surface area contributed by atoms with E-state index in [1.165, 1.54) is 6.33 Å². The molecule has 3 aromatic rings. The van der Waals surface area contributed by atoms with Gasteiger partial charge in [0.15, 0.2) is 0 Å². The molecule has 1 aliphatic carbocycles. The lowest BCUT2D eigenvalue weighted by Gasteiger charge is -2.29. The molecule has 4 rings (SSSR count). The summed E-state index contributed by atoms with van der Waals surface area (Å²) in [5.74, 6) is 0.0314. The van der Waals surface area contributed by atoms with Crippen molar-refractivity contribution in [2.45, 2.75) is 31.8 Å². The molecule has 0 N–H and O–H groups in total. The monoisotopic (exact) mass is 334 g/mol.